The number of aryl methyl sites for hydroxylation is 1. The Hall–Kier alpha value is -3.27. The maximum absolute atomic E-state index is 13.5. The highest BCUT2D eigenvalue weighted by molar-refractivity contribution is 5.90. The summed E-state index contributed by atoms with van der Waals surface area (Å²) >= 11 is 0. The van der Waals surface area contributed by atoms with E-state index in [0.29, 0.717) is 48.9 Å². The summed E-state index contributed by atoms with van der Waals surface area (Å²) in [5.41, 5.74) is 2.54. The lowest BCUT2D eigenvalue weighted by Gasteiger charge is -2.33. The third-order valence-corrected chi connectivity index (χ3v) is 7.86. The minimum atomic E-state index is -4.42. The summed E-state index contributed by atoms with van der Waals surface area (Å²) in [6.07, 6.45) is -0.0741. The van der Waals surface area contributed by atoms with Gasteiger partial charge in [0.05, 0.1) is 35.3 Å². The number of hydrogen-bond donors (Lipinski definition) is 1. The zero-order valence-electron chi connectivity index (χ0n) is 21.8. The summed E-state index contributed by atoms with van der Waals surface area (Å²) in [4.78, 5) is 19.4. The fourth-order valence-electron chi connectivity index (χ4n) is 5.64. The van der Waals surface area contributed by atoms with Crippen LogP contribution in [0.3, 0.4) is 0 Å². The molecule has 1 N–H and O–H groups in total. The molecule has 0 radical (unpaired) electrons. The van der Waals surface area contributed by atoms with Crippen LogP contribution in [0.25, 0.3) is 10.9 Å². The highest BCUT2D eigenvalue weighted by Crippen LogP contribution is 2.36. The molecule has 202 valence electrons. The number of nitrogens with one attached hydrogen (secondary N) is 1. The molecule has 2 fully saturated rings. The van der Waals surface area contributed by atoms with E-state index in [1.165, 1.54) is 13.0 Å². The Morgan fingerprint density at radius 2 is 1.92 bits per heavy atom. The Morgan fingerprint density at radius 3 is 2.61 bits per heavy atom. The maximum atomic E-state index is 13.5. The second kappa shape index (κ2) is 10.5. The summed E-state index contributed by atoms with van der Waals surface area (Å²) in [6, 6.07) is 5.85. The van der Waals surface area contributed by atoms with Crippen molar-refractivity contribution in [3.05, 3.63) is 58.4 Å². The molecule has 2 aliphatic heterocycles. The van der Waals surface area contributed by atoms with E-state index in [-0.39, 0.29) is 23.3 Å². The number of aromatic nitrogens is 3. The van der Waals surface area contributed by atoms with Gasteiger partial charge >= 0.3 is 6.18 Å². The third kappa shape index (κ3) is 5.18. The van der Waals surface area contributed by atoms with Gasteiger partial charge in [0, 0.05) is 31.3 Å². The lowest BCUT2D eigenvalue weighted by atomic mass is 9.89. The van der Waals surface area contributed by atoms with Gasteiger partial charge in [0.1, 0.15) is 0 Å². The molecule has 0 bridgehead atoms. The van der Waals surface area contributed by atoms with E-state index >= 15 is 0 Å². The number of fused-ring (bicyclic) bond motifs is 1. The molecule has 10 heteroatoms. The Kier molecular flexibility index (Phi) is 7.26. The Balaban J connectivity index is 1.37. The topological polar surface area (TPSA) is 80.2 Å². The highest BCUT2D eigenvalue weighted by atomic mass is 19.4. The monoisotopic (exact) mass is 527 g/mol. The summed E-state index contributed by atoms with van der Waals surface area (Å²) in [7, 11) is 0. The second-order valence-electron chi connectivity index (χ2n) is 10.3. The first-order valence-corrected chi connectivity index (χ1v) is 13.1. The first kappa shape index (κ1) is 26.3. The number of benzene rings is 1. The van der Waals surface area contributed by atoms with Gasteiger partial charge in [-0.05, 0) is 74.8 Å². The summed E-state index contributed by atoms with van der Waals surface area (Å²) in [5, 5.41) is 12.7. The average Bonchev–Trinajstić information content (AvgIpc) is 3.44. The number of ether oxygens (including phenoxy) is 1. The number of pyridine rings is 1. The van der Waals surface area contributed by atoms with Gasteiger partial charge in [0.15, 0.2) is 5.82 Å². The average molecular weight is 528 g/mol. The Bertz CT molecular complexity index is 1330. The molecular weight excluding hydrogens is 495 g/mol. The number of halogens is 3. The van der Waals surface area contributed by atoms with Crippen LogP contribution in [0.5, 0.6) is 0 Å². The number of likely N-dealkylation sites (tertiary alicyclic amines) is 1. The Labute approximate surface area is 219 Å². The van der Waals surface area contributed by atoms with Crippen LogP contribution in [-0.4, -0.2) is 52.3 Å². The number of rotatable bonds is 5. The smallest absolute Gasteiger partial charge is 0.381 e. The van der Waals surface area contributed by atoms with E-state index in [2.05, 4.69) is 26.6 Å². The normalized spacial score (nSPS) is 19.6. The van der Waals surface area contributed by atoms with Gasteiger partial charge in [-0.2, -0.15) is 18.3 Å². The van der Waals surface area contributed by atoms with Crippen LogP contribution < -0.4 is 5.32 Å². The maximum Gasteiger partial charge on any atom is 0.416 e. The minimum Gasteiger partial charge on any atom is -0.381 e. The molecule has 1 amide bonds. The summed E-state index contributed by atoms with van der Waals surface area (Å²) in [6.45, 7) is 7.71. The molecule has 1 aromatic carbocycles. The van der Waals surface area contributed by atoms with Crippen molar-refractivity contribution in [2.24, 2.45) is 5.92 Å². The molecule has 2 atom stereocenters. The molecule has 3 aromatic rings. The number of alkyl halides is 3. The van der Waals surface area contributed by atoms with Gasteiger partial charge < -0.3 is 15.0 Å². The third-order valence-electron chi connectivity index (χ3n) is 7.86. The van der Waals surface area contributed by atoms with E-state index < -0.39 is 17.8 Å². The number of nitrogens with zero attached hydrogens (tertiary/aromatic N) is 4. The SMILES string of the molecule is Cc1c([C@@H](C)Nc2nnc(C)c3ncc(C4CCN(C(=O)C5CCOC5)CC4)cc23)cccc1C(F)(F)F. The van der Waals surface area contributed by atoms with Crippen molar-refractivity contribution in [2.45, 2.75) is 58.2 Å². The largest absolute Gasteiger partial charge is 0.416 e. The summed E-state index contributed by atoms with van der Waals surface area (Å²) < 4.78 is 45.8. The van der Waals surface area contributed by atoms with E-state index in [9.17, 15) is 18.0 Å². The van der Waals surface area contributed by atoms with Crippen LogP contribution in [0.2, 0.25) is 0 Å². The quantitative estimate of drug-likeness (QED) is 0.467. The van der Waals surface area contributed by atoms with Crippen LogP contribution in [0.1, 0.15) is 66.1 Å². The molecule has 5 rings (SSSR count). The predicted molar refractivity (Wildman–Crippen MR) is 138 cm³/mol. The lowest BCUT2D eigenvalue weighted by molar-refractivity contribution is -0.138. The van der Waals surface area contributed by atoms with Gasteiger partial charge in [0.25, 0.3) is 0 Å². The molecule has 7 nitrogen and oxygen atoms in total. The molecule has 38 heavy (non-hydrogen) atoms. The number of hydrogen-bond acceptors (Lipinski definition) is 6. The number of piperidine rings is 1. The molecule has 1 unspecified atom stereocenters. The number of carbonyl (C=O) groups excluding carboxylic acids is 1. The van der Waals surface area contributed by atoms with Crippen molar-refractivity contribution in [1.82, 2.24) is 20.1 Å². The van der Waals surface area contributed by atoms with Gasteiger partial charge in [-0.25, -0.2) is 0 Å². The van der Waals surface area contributed by atoms with E-state index in [1.54, 1.807) is 6.07 Å². The zero-order valence-corrected chi connectivity index (χ0v) is 21.8. The molecule has 2 aliphatic rings. The fraction of sp³-hybridized carbons (Fsp3) is 0.500. The van der Waals surface area contributed by atoms with Gasteiger partial charge in [-0.15, -0.1) is 5.10 Å². The van der Waals surface area contributed by atoms with Crippen molar-refractivity contribution in [3.8, 4) is 0 Å². The first-order valence-electron chi connectivity index (χ1n) is 13.1. The minimum absolute atomic E-state index is 0.0217. The van der Waals surface area contributed by atoms with Crippen LogP contribution in [0, 0.1) is 19.8 Å². The van der Waals surface area contributed by atoms with E-state index in [1.807, 2.05) is 24.9 Å². The highest BCUT2D eigenvalue weighted by Gasteiger charge is 2.34. The van der Waals surface area contributed by atoms with Crippen molar-refractivity contribution in [3.63, 3.8) is 0 Å². The lowest BCUT2D eigenvalue weighted by Crippen LogP contribution is -2.41. The molecule has 0 saturated carbocycles. The molecule has 0 aliphatic carbocycles. The second-order valence-corrected chi connectivity index (χ2v) is 10.3. The predicted octanol–water partition coefficient (Wildman–Crippen LogP) is 5.58. The molecular formula is C28H32F3N5O2. The zero-order chi connectivity index (χ0) is 27.0. The van der Waals surface area contributed by atoms with Crippen LogP contribution in [-0.2, 0) is 15.7 Å². The van der Waals surface area contributed by atoms with Crippen LogP contribution in [0.4, 0.5) is 19.0 Å². The van der Waals surface area contributed by atoms with E-state index in [0.717, 1.165) is 36.3 Å². The van der Waals surface area contributed by atoms with Gasteiger partial charge in [0.2, 0.25) is 5.91 Å². The van der Waals surface area contributed by atoms with E-state index in [4.69, 9.17) is 4.74 Å². The molecule has 2 saturated heterocycles. The number of carbonyl (C=O) groups is 1. The van der Waals surface area contributed by atoms with Crippen LogP contribution in [0.15, 0.2) is 30.5 Å². The molecule has 2 aromatic heterocycles. The van der Waals surface area contributed by atoms with Crippen molar-refractivity contribution in [1.29, 1.82) is 0 Å². The van der Waals surface area contributed by atoms with Gasteiger partial charge in [-0.3, -0.25) is 9.78 Å². The standard InChI is InChI=1S/C28H32F3N5O2/c1-16-22(5-4-6-24(16)28(29,30)31)17(2)33-26-23-13-21(14-32-25(23)18(3)34-35-26)19-7-10-36(11-8-19)27(37)20-9-12-38-15-20/h4-6,13-14,17,19-20H,7-12,15H2,1-3H3,(H,33,35)/t17-,20?/m1/s1. The Morgan fingerprint density at radius 1 is 1.16 bits per heavy atom. The first-order chi connectivity index (χ1) is 18.1. The number of anilines is 1. The molecule has 4 heterocycles. The fourth-order valence-corrected chi connectivity index (χ4v) is 5.64. The van der Waals surface area contributed by atoms with Crippen molar-refractivity contribution in [2.75, 3.05) is 31.6 Å². The summed E-state index contributed by atoms with van der Waals surface area (Å²) in [5.74, 6) is 0.902. The van der Waals surface area contributed by atoms with Crippen LogP contribution >= 0.6 is 0 Å². The van der Waals surface area contributed by atoms with Crippen molar-refractivity contribution < 1.29 is 22.7 Å². The number of amides is 1. The van der Waals surface area contributed by atoms with Crippen molar-refractivity contribution >= 4 is 22.6 Å². The van der Waals surface area contributed by atoms with Gasteiger partial charge in [-0.1, -0.05) is 12.1 Å². The molecule has 0 spiro atoms.